The molecule has 0 spiro atoms. The molecule has 2 atom stereocenters. The van der Waals surface area contributed by atoms with Gasteiger partial charge in [0.15, 0.2) is 11.5 Å². The van der Waals surface area contributed by atoms with Crippen LogP contribution in [0.25, 0.3) is 0 Å². The predicted octanol–water partition coefficient (Wildman–Crippen LogP) is 1.42. The minimum Gasteiger partial charge on any atom is -0.493 e. The Morgan fingerprint density at radius 1 is 1.11 bits per heavy atom. The second kappa shape index (κ2) is 6.89. The number of benzene rings is 1. The number of H-pyrrole nitrogens is 1. The molecule has 1 N–H and O–H groups in total. The Hall–Kier alpha value is -2.39. The van der Waals surface area contributed by atoms with Crippen LogP contribution < -0.4 is 15.0 Å². The van der Waals surface area contributed by atoms with E-state index in [2.05, 4.69) is 9.97 Å². The minimum absolute atomic E-state index is 0.158. The van der Waals surface area contributed by atoms with E-state index in [1.165, 1.54) is 26.4 Å². The quantitative estimate of drug-likeness (QED) is 0.825. The van der Waals surface area contributed by atoms with Gasteiger partial charge in [-0.2, -0.15) is 4.31 Å². The number of hydrogen-bond donors (Lipinski definition) is 1. The van der Waals surface area contributed by atoms with Gasteiger partial charge in [-0.05, 0) is 38.3 Å². The van der Waals surface area contributed by atoms with Crippen molar-refractivity contribution in [2.24, 2.45) is 0 Å². The van der Waals surface area contributed by atoms with Crippen molar-refractivity contribution in [3.8, 4) is 11.5 Å². The Kier molecular flexibility index (Phi) is 4.67. The van der Waals surface area contributed by atoms with Gasteiger partial charge in [0.05, 0.1) is 24.8 Å². The first kappa shape index (κ1) is 18.9. The number of fused-ring (bicyclic) bond motifs is 3. The van der Waals surface area contributed by atoms with Gasteiger partial charge in [0.2, 0.25) is 10.0 Å². The van der Waals surface area contributed by atoms with Crippen molar-refractivity contribution in [3.05, 3.63) is 45.6 Å². The smallest absolute Gasteiger partial charge is 0.254 e. The first-order chi connectivity index (χ1) is 13.3. The second-order valence-electron chi connectivity index (χ2n) is 7.22. The normalized spacial score (nSPS) is 21.8. The maximum atomic E-state index is 13.5. The van der Waals surface area contributed by atoms with Crippen LogP contribution in [-0.4, -0.2) is 49.0 Å². The third-order valence-corrected chi connectivity index (χ3v) is 7.57. The van der Waals surface area contributed by atoms with Gasteiger partial charge in [-0.15, -0.1) is 0 Å². The van der Waals surface area contributed by atoms with E-state index in [4.69, 9.17) is 9.47 Å². The Labute approximate surface area is 163 Å². The highest BCUT2D eigenvalue weighted by Gasteiger charge is 2.45. The van der Waals surface area contributed by atoms with Gasteiger partial charge in [0, 0.05) is 30.1 Å². The molecule has 2 aromatic rings. The van der Waals surface area contributed by atoms with Gasteiger partial charge in [-0.3, -0.25) is 4.79 Å². The Bertz CT molecular complexity index is 1080. The lowest BCUT2D eigenvalue weighted by Gasteiger charge is -2.27. The van der Waals surface area contributed by atoms with Gasteiger partial charge < -0.3 is 14.5 Å². The van der Waals surface area contributed by atoms with Crippen LogP contribution in [0.15, 0.2) is 27.9 Å². The van der Waals surface area contributed by atoms with Gasteiger partial charge in [-0.1, -0.05) is 0 Å². The van der Waals surface area contributed by atoms with Crippen molar-refractivity contribution >= 4 is 10.0 Å². The fraction of sp³-hybridized carbons (Fsp3) is 0.474. The summed E-state index contributed by atoms with van der Waals surface area (Å²) in [5.74, 6) is 1.39. The maximum Gasteiger partial charge on any atom is 0.254 e. The first-order valence-corrected chi connectivity index (χ1v) is 10.6. The third-order valence-electron chi connectivity index (χ3n) is 5.57. The lowest BCUT2D eigenvalue weighted by atomic mass is 9.98. The number of methoxy groups -OCH3 is 2. The number of aromatic nitrogens is 2. The Balaban J connectivity index is 1.76. The summed E-state index contributed by atoms with van der Waals surface area (Å²) in [6.07, 6.45) is 2.30. The van der Waals surface area contributed by atoms with Crippen LogP contribution in [0.3, 0.4) is 0 Å². The topological polar surface area (TPSA) is 102 Å². The van der Waals surface area contributed by atoms with Crippen molar-refractivity contribution in [3.63, 3.8) is 0 Å². The van der Waals surface area contributed by atoms with Crippen LogP contribution >= 0.6 is 0 Å². The van der Waals surface area contributed by atoms with Crippen LogP contribution in [-0.2, 0) is 22.9 Å². The van der Waals surface area contributed by atoms with Gasteiger partial charge in [0.25, 0.3) is 5.56 Å². The minimum atomic E-state index is -3.76. The summed E-state index contributed by atoms with van der Waals surface area (Å²) in [4.78, 5) is 19.8. The predicted molar refractivity (Wildman–Crippen MR) is 102 cm³/mol. The fourth-order valence-corrected chi connectivity index (χ4v) is 6.20. The Morgan fingerprint density at radius 2 is 1.79 bits per heavy atom. The van der Waals surface area contributed by atoms with Gasteiger partial charge >= 0.3 is 0 Å². The molecule has 9 heteroatoms. The number of ether oxygens (including phenoxy) is 2. The van der Waals surface area contributed by atoms with Crippen molar-refractivity contribution in [1.29, 1.82) is 0 Å². The molecule has 1 saturated heterocycles. The van der Waals surface area contributed by atoms with E-state index in [9.17, 15) is 13.2 Å². The zero-order valence-electron chi connectivity index (χ0n) is 16.1. The van der Waals surface area contributed by atoms with Crippen molar-refractivity contribution in [2.75, 3.05) is 14.2 Å². The zero-order chi connectivity index (χ0) is 20.1. The van der Waals surface area contributed by atoms with Crippen molar-refractivity contribution in [1.82, 2.24) is 14.3 Å². The number of rotatable bonds is 4. The highest BCUT2D eigenvalue weighted by molar-refractivity contribution is 7.89. The average Bonchev–Trinajstić information content (AvgIpc) is 2.97. The van der Waals surface area contributed by atoms with Gasteiger partial charge in [0.1, 0.15) is 5.82 Å². The van der Waals surface area contributed by atoms with Crippen LogP contribution in [0.5, 0.6) is 11.5 Å². The zero-order valence-corrected chi connectivity index (χ0v) is 16.9. The van der Waals surface area contributed by atoms with Crippen LogP contribution in [0.2, 0.25) is 0 Å². The summed E-state index contributed by atoms with van der Waals surface area (Å²) < 4.78 is 39.0. The number of nitrogens with zero attached hydrogens (tertiary/aromatic N) is 2. The molecular formula is C19H23N3O5S. The highest BCUT2D eigenvalue weighted by atomic mass is 32.2. The van der Waals surface area contributed by atoms with Crippen LogP contribution in [0, 0.1) is 6.92 Å². The molecule has 4 rings (SSSR count). The fourth-order valence-electron chi connectivity index (χ4n) is 4.32. The largest absolute Gasteiger partial charge is 0.493 e. The molecule has 0 amide bonds. The number of aromatic amines is 1. The summed E-state index contributed by atoms with van der Waals surface area (Å²) in [6.45, 7) is 1.74. The van der Waals surface area contributed by atoms with E-state index in [1.54, 1.807) is 17.3 Å². The average molecular weight is 405 g/mol. The standard InChI is InChI=1S/C19H23N3O5S/c1-11-20-16-9-13-5-4-12(8-15(16)19(23)21-11)22(13)28(24,25)14-6-7-17(26-2)18(10-14)27-3/h6-7,10,12-13H,4-5,8-9H2,1-3H3,(H,20,21,23). The summed E-state index contributed by atoms with van der Waals surface area (Å²) >= 11 is 0. The van der Waals surface area contributed by atoms with Crippen molar-refractivity contribution in [2.45, 2.75) is 49.6 Å². The Morgan fingerprint density at radius 3 is 2.46 bits per heavy atom. The number of nitrogens with one attached hydrogen (secondary N) is 1. The van der Waals surface area contributed by atoms with Crippen molar-refractivity contribution < 1.29 is 17.9 Å². The van der Waals surface area contributed by atoms with Crippen LogP contribution in [0.1, 0.15) is 29.9 Å². The summed E-state index contributed by atoms with van der Waals surface area (Å²) in [7, 11) is -0.784. The van der Waals surface area contributed by atoms with Gasteiger partial charge in [-0.25, -0.2) is 13.4 Å². The molecule has 150 valence electrons. The molecule has 2 aliphatic rings. The molecule has 0 radical (unpaired) electrons. The van der Waals surface area contributed by atoms with Crippen LogP contribution in [0.4, 0.5) is 0 Å². The molecule has 8 nitrogen and oxygen atoms in total. The number of sulfonamides is 1. The van der Waals surface area contributed by atoms with E-state index >= 15 is 0 Å². The lowest BCUT2D eigenvalue weighted by molar-refractivity contribution is 0.326. The van der Waals surface area contributed by atoms with E-state index in [0.29, 0.717) is 41.4 Å². The molecular weight excluding hydrogens is 382 g/mol. The lowest BCUT2D eigenvalue weighted by Crippen LogP contribution is -2.41. The molecule has 2 aliphatic heterocycles. The molecule has 1 aromatic heterocycles. The SMILES string of the molecule is COc1ccc(S(=O)(=O)N2C3CCC2Cc2c(nc(C)[nH]c2=O)C3)cc1OC. The molecule has 2 unspecified atom stereocenters. The highest BCUT2D eigenvalue weighted by Crippen LogP contribution is 2.38. The summed E-state index contributed by atoms with van der Waals surface area (Å²) in [5, 5.41) is 0. The number of aryl methyl sites for hydroxylation is 1. The summed E-state index contributed by atoms with van der Waals surface area (Å²) in [5.41, 5.74) is 1.14. The first-order valence-electron chi connectivity index (χ1n) is 9.19. The van der Waals surface area contributed by atoms with E-state index in [-0.39, 0.29) is 22.5 Å². The molecule has 1 fully saturated rings. The maximum absolute atomic E-state index is 13.5. The molecule has 2 bridgehead atoms. The van der Waals surface area contributed by atoms with E-state index in [1.807, 2.05) is 0 Å². The summed E-state index contributed by atoms with van der Waals surface area (Å²) in [6, 6.07) is 4.15. The molecule has 0 saturated carbocycles. The van der Waals surface area contributed by atoms with E-state index in [0.717, 1.165) is 12.8 Å². The monoisotopic (exact) mass is 405 g/mol. The molecule has 3 heterocycles. The second-order valence-corrected chi connectivity index (χ2v) is 9.06. The molecule has 1 aromatic carbocycles. The van der Waals surface area contributed by atoms with E-state index < -0.39 is 10.0 Å². The molecule has 0 aliphatic carbocycles. The molecule has 28 heavy (non-hydrogen) atoms. The third kappa shape index (κ3) is 2.98. The number of hydrogen-bond acceptors (Lipinski definition) is 6.